The van der Waals surface area contributed by atoms with Crippen molar-refractivity contribution in [1.82, 2.24) is 0 Å². The zero-order valence-electron chi connectivity index (χ0n) is 5.73. The molecule has 0 aliphatic heterocycles. The van der Waals surface area contributed by atoms with Crippen molar-refractivity contribution in [2.45, 2.75) is 26.2 Å². The number of hydrogen-bond donors (Lipinski definition) is 0. The van der Waals surface area contributed by atoms with Gasteiger partial charge in [-0.3, -0.25) is 0 Å². The molecule has 0 aromatic carbocycles. The van der Waals surface area contributed by atoms with Crippen LogP contribution in [0, 0.1) is 0 Å². The molecule has 1 heteroatoms. The van der Waals surface area contributed by atoms with Gasteiger partial charge < -0.3 is 0 Å². The van der Waals surface area contributed by atoms with Crippen LogP contribution >= 0.6 is 0 Å². The first-order valence-electron chi connectivity index (χ1n) is 3.28. The molecule has 0 heterocycles. The Labute approximate surface area is 67.5 Å². The third-order valence-corrected chi connectivity index (χ3v) is 1.42. The summed E-state index contributed by atoms with van der Waals surface area (Å²) in [5.41, 5.74) is 1.59. The van der Waals surface area contributed by atoms with E-state index in [1.165, 1.54) is 19.3 Å². The van der Waals surface area contributed by atoms with E-state index in [9.17, 15) is 0 Å². The third-order valence-electron chi connectivity index (χ3n) is 1.42. The van der Waals surface area contributed by atoms with E-state index in [0.717, 1.165) is 0 Å². The van der Waals surface area contributed by atoms with E-state index in [4.69, 9.17) is 0 Å². The summed E-state index contributed by atoms with van der Waals surface area (Å²) >= 11 is 0. The number of allylic oxidation sites excluding steroid dienone is 4. The van der Waals surface area contributed by atoms with Gasteiger partial charge in [0.25, 0.3) is 0 Å². The van der Waals surface area contributed by atoms with Crippen molar-refractivity contribution in [3.05, 3.63) is 23.8 Å². The zero-order valence-corrected chi connectivity index (χ0v) is 6.91. The van der Waals surface area contributed by atoms with E-state index in [1.807, 2.05) is 0 Å². The fraction of sp³-hybridized carbons (Fsp3) is 0.500. The Morgan fingerprint density at radius 3 is 2.78 bits per heavy atom. The zero-order chi connectivity index (χ0) is 5.82. The second-order valence-electron chi connectivity index (χ2n) is 2.21. The monoisotopic (exact) mass is 163 g/mol. The molecule has 51 valence electrons. The quantitative estimate of drug-likeness (QED) is 0.549. The standard InChI is InChI=1S/C8H12.Mn/c1-2-5-8-6-3-4-7-8;/h3-4,6H,2,5,7H2,1H3;. The number of hydrogen-bond acceptors (Lipinski definition) is 0. The maximum atomic E-state index is 2.23. The van der Waals surface area contributed by atoms with Gasteiger partial charge in [0.15, 0.2) is 0 Å². The first kappa shape index (κ1) is 9.00. The first-order valence-corrected chi connectivity index (χ1v) is 3.28. The summed E-state index contributed by atoms with van der Waals surface area (Å²) < 4.78 is 0. The molecule has 0 N–H and O–H groups in total. The molecule has 1 radical (unpaired) electrons. The van der Waals surface area contributed by atoms with Crippen molar-refractivity contribution in [1.29, 1.82) is 0 Å². The summed E-state index contributed by atoms with van der Waals surface area (Å²) in [6, 6.07) is 0. The van der Waals surface area contributed by atoms with Crippen LogP contribution in [-0.4, -0.2) is 0 Å². The molecule has 0 amide bonds. The molecule has 0 unspecified atom stereocenters. The van der Waals surface area contributed by atoms with Crippen molar-refractivity contribution in [3.8, 4) is 0 Å². The second kappa shape index (κ2) is 4.84. The molecule has 0 aromatic rings. The fourth-order valence-electron chi connectivity index (χ4n) is 0.998. The molecule has 0 bridgehead atoms. The van der Waals surface area contributed by atoms with E-state index >= 15 is 0 Å². The van der Waals surface area contributed by atoms with Crippen LogP contribution in [-0.2, 0) is 17.1 Å². The van der Waals surface area contributed by atoms with Gasteiger partial charge in [0.2, 0.25) is 0 Å². The summed E-state index contributed by atoms with van der Waals surface area (Å²) in [6.45, 7) is 2.22. The van der Waals surface area contributed by atoms with Crippen LogP contribution in [0.5, 0.6) is 0 Å². The molecule has 0 saturated carbocycles. The minimum Gasteiger partial charge on any atom is -0.0805 e. The molecule has 9 heavy (non-hydrogen) atoms. The van der Waals surface area contributed by atoms with E-state index in [2.05, 4.69) is 25.2 Å². The van der Waals surface area contributed by atoms with Crippen molar-refractivity contribution >= 4 is 0 Å². The summed E-state index contributed by atoms with van der Waals surface area (Å²) in [5.74, 6) is 0. The van der Waals surface area contributed by atoms with Crippen LogP contribution in [0.3, 0.4) is 0 Å². The van der Waals surface area contributed by atoms with Crippen LogP contribution < -0.4 is 0 Å². The molecule has 0 nitrogen and oxygen atoms in total. The van der Waals surface area contributed by atoms with E-state index in [0.29, 0.717) is 0 Å². The third kappa shape index (κ3) is 2.88. The minimum absolute atomic E-state index is 0. The summed E-state index contributed by atoms with van der Waals surface area (Å²) in [4.78, 5) is 0. The van der Waals surface area contributed by atoms with Gasteiger partial charge in [0, 0.05) is 17.1 Å². The Morgan fingerprint density at radius 1 is 1.56 bits per heavy atom. The molecule has 1 aliphatic carbocycles. The van der Waals surface area contributed by atoms with Crippen molar-refractivity contribution in [2.75, 3.05) is 0 Å². The molecule has 0 spiro atoms. The predicted molar refractivity (Wildman–Crippen MR) is 36.7 cm³/mol. The van der Waals surface area contributed by atoms with Crippen LogP contribution in [0.15, 0.2) is 23.8 Å². The molecule has 0 aromatic heterocycles. The average molecular weight is 163 g/mol. The van der Waals surface area contributed by atoms with Crippen LogP contribution in [0.4, 0.5) is 0 Å². The smallest absolute Gasteiger partial charge is 0 e. The SMILES string of the molecule is CCCC1=CC=CC1.[Mn]. The Balaban J connectivity index is 0.000000640. The molecule has 0 fully saturated rings. The van der Waals surface area contributed by atoms with Crippen LogP contribution in [0.25, 0.3) is 0 Å². The summed E-state index contributed by atoms with van der Waals surface area (Å²) in [6.07, 6.45) is 10.4. The molecule has 1 aliphatic rings. The van der Waals surface area contributed by atoms with Gasteiger partial charge in [0.1, 0.15) is 0 Å². The largest absolute Gasteiger partial charge is 0.0805 e. The Kier molecular flexibility index (Phi) is 4.84. The van der Waals surface area contributed by atoms with E-state index < -0.39 is 0 Å². The van der Waals surface area contributed by atoms with Gasteiger partial charge in [-0.05, 0) is 12.8 Å². The van der Waals surface area contributed by atoms with Gasteiger partial charge in [0.05, 0.1) is 0 Å². The normalized spacial score (nSPS) is 15.0. The molecular weight excluding hydrogens is 151 g/mol. The Hall–Kier alpha value is -0.000519. The summed E-state index contributed by atoms with van der Waals surface area (Å²) in [7, 11) is 0. The van der Waals surface area contributed by atoms with Crippen molar-refractivity contribution in [2.24, 2.45) is 0 Å². The van der Waals surface area contributed by atoms with Gasteiger partial charge in [-0.1, -0.05) is 37.1 Å². The van der Waals surface area contributed by atoms with Gasteiger partial charge in [-0.25, -0.2) is 0 Å². The van der Waals surface area contributed by atoms with Crippen molar-refractivity contribution < 1.29 is 17.1 Å². The maximum Gasteiger partial charge on any atom is 0 e. The molecule has 0 saturated heterocycles. The second-order valence-corrected chi connectivity index (χ2v) is 2.21. The van der Waals surface area contributed by atoms with Crippen molar-refractivity contribution in [3.63, 3.8) is 0 Å². The minimum atomic E-state index is 0. The summed E-state index contributed by atoms with van der Waals surface area (Å²) in [5, 5.41) is 0. The maximum absolute atomic E-state index is 2.23. The Bertz CT molecular complexity index is 123. The predicted octanol–water partition coefficient (Wildman–Crippen LogP) is 2.67. The molecule has 0 atom stereocenters. The fourth-order valence-corrected chi connectivity index (χ4v) is 0.998. The average Bonchev–Trinajstić information content (AvgIpc) is 2.19. The molecule has 1 rings (SSSR count). The molecular formula is C8H12Mn. The van der Waals surface area contributed by atoms with Crippen LogP contribution in [0.2, 0.25) is 0 Å². The Morgan fingerprint density at radius 2 is 2.33 bits per heavy atom. The van der Waals surface area contributed by atoms with Gasteiger partial charge in [-0.15, -0.1) is 0 Å². The topological polar surface area (TPSA) is 0 Å². The van der Waals surface area contributed by atoms with E-state index in [-0.39, 0.29) is 17.1 Å². The van der Waals surface area contributed by atoms with Gasteiger partial charge in [-0.2, -0.15) is 0 Å². The van der Waals surface area contributed by atoms with E-state index in [1.54, 1.807) is 5.57 Å². The van der Waals surface area contributed by atoms with Crippen LogP contribution in [0.1, 0.15) is 26.2 Å². The number of rotatable bonds is 2. The first-order chi connectivity index (χ1) is 3.93. The van der Waals surface area contributed by atoms with Gasteiger partial charge >= 0.3 is 0 Å².